The van der Waals surface area contributed by atoms with Crippen LogP contribution < -0.4 is 0 Å². The summed E-state index contributed by atoms with van der Waals surface area (Å²) in [5.74, 6) is -0.0723. The van der Waals surface area contributed by atoms with Gasteiger partial charge in [0.15, 0.2) is 0 Å². The molecular formula is C9H9N3O3S2. The summed E-state index contributed by atoms with van der Waals surface area (Å²) in [6.07, 6.45) is 1.73. The van der Waals surface area contributed by atoms with Crippen molar-refractivity contribution in [1.29, 1.82) is 0 Å². The van der Waals surface area contributed by atoms with Crippen molar-refractivity contribution >= 4 is 29.1 Å². The smallest absolute Gasteiger partial charge is 0.396 e. The molecule has 0 aliphatic rings. The lowest BCUT2D eigenvalue weighted by molar-refractivity contribution is 0.0475. The molecule has 0 spiro atoms. The van der Waals surface area contributed by atoms with Gasteiger partial charge in [-0.3, -0.25) is 0 Å². The Labute approximate surface area is 105 Å². The van der Waals surface area contributed by atoms with Crippen LogP contribution in [0, 0.1) is 0 Å². The molecule has 2 rings (SSSR count). The fourth-order valence-corrected chi connectivity index (χ4v) is 2.40. The van der Waals surface area contributed by atoms with Gasteiger partial charge in [-0.1, -0.05) is 16.9 Å². The highest BCUT2D eigenvalue weighted by atomic mass is 32.2. The Morgan fingerprint density at radius 3 is 3.18 bits per heavy atom. The van der Waals surface area contributed by atoms with Crippen LogP contribution in [0.3, 0.4) is 0 Å². The molecule has 0 atom stereocenters. The van der Waals surface area contributed by atoms with E-state index in [1.54, 1.807) is 24.5 Å². The Balaban J connectivity index is 1.92. The number of thioether (sulfide) groups is 1. The zero-order chi connectivity index (χ0) is 12.1. The molecule has 0 radical (unpaired) electrons. The van der Waals surface area contributed by atoms with E-state index in [2.05, 4.69) is 15.2 Å². The van der Waals surface area contributed by atoms with E-state index in [1.807, 2.05) is 5.38 Å². The van der Waals surface area contributed by atoms with Crippen LogP contribution in [0.5, 0.6) is 0 Å². The van der Waals surface area contributed by atoms with Crippen LogP contribution in [-0.4, -0.2) is 27.8 Å². The molecule has 2 heterocycles. The first kappa shape index (κ1) is 12.1. The standard InChI is InChI=1S/C9H9N3O3S2/c1-2-14-8(13)7-11-12-9(15-7)17-5-6-10-3-4-16-6/h3-4H,2,5H2,1H3. The van der Waals surface area contributed by atoms with Crippen LogP contribution in [0.2, 0.25) is 0 Å². The van der Waals surface area contributed by atoms with E-state index < -0.39 is 5.97 Å². The molecule has 0 fully saturated rings. The molecule has 0 saturated carbocycles. The van der Waals surface area contributed by atoms with Gasteiger partial charge in [-0.05, 0) is 6.92 Å². The highest BCUT2D eigenvalue weighted by Crippen LogP contribution is 2.22. The number of hydrogen-bond donors (Lipinski definition) is 0. The maximum Gasteiger partial charge on any atom is 0.396 e. The van der Waals surface area contributed by atoms with Crippen molar-refractivity contribution in [3.63, 3.8) is 0 Å². The van der Waals surface area contributed by atoms with Gasteiger partial charge in [0.05, 0.1) is 12.4 Å². The van der Waals surface area contributed by atoms with Gasteiger partial charge in [-0.2, -0.15) is 0 Å². The van der Waals surface area contributed by atoms with Crippen molar-refractivity contribution in [3.8, 4) is 0 Å². The zero-order valence-electron chi connectivity index (χ0n) is 8.95. The summed E-state index contributed by atoms with van der Waals surface area (Å²) < 4.78 is 9.88. The van der Waals surface area contributed by atoms with Crippen LogP contribution in [0.4, 0.5) is 0 Å². The van der Waals surface area contributed by atoms with E-state index in [9.17, 15) is 4.79 Å². The van der Waals surface area contributed by atoms with E-state index in [1.165, 1.54) is 11.8 Å². The van der Waals surface area contributed by atoms with E-state index >= 15 is 0 Å². The number of carbonyl (C=O) groups is 1. The first-order valence-electron chi connectivity index (χ1n) is 4.81. The lowest BCUT2D eigenvalue weighted by Gasteiger charge is -1.94. The molecule has 8 heteroatoms. The van der Waals surface area contributed by atoms with E-state index in [0.717, 1.165) is 5.01 Å². The summed E-state index contributed by atoms with van der Waals surface area (Å²) in [7, 11) is 0. The predicted molar refractivity (Wildman–Crippen MR) is 61.9 cm³/mol. The minimum Gasteiger partial charge on any atom is -0.459 e. The molecule has 0 aliphatic heterocycles. The topological polar surface area (TPSA) is 78.1 Å². The molecule has 0 unspecified atom stereocenters. The summed E-state index contributed by atoms with van der Waals surface area (Å²) in [5, 5.41) is 10.5. The molecule has 0 N–H and O–H groups in total. The highest BCUT2D eigenvalue weighted by molar-refractivity contribution is 7.98. The van der Waals surface area contributed by atoms with Crippen LogP contribution in [-0.2, 0) is 10.5 Å². The van der Waals surface area contributed by atoms with Crippen LogP contribution in [0.25, 0.3) is 0 Å². The summed E-state index contributed by atoms with van der Waals surface area (Å²) in [6, 6.07) is 0. The summed E-state index contributed by atoms with van der Waals surface area (Å²) >= 11 is 2.88. The SMILES string of the molecule is CCOC(=O)c1nnc(SCc2nccs2)o1. The second-order valence-corrected chi connectivity index (χ2v) is 4.71. The third-order valence-electron chi connectivity index (χ3n) is 1.66. The maximum absolute atomic E-state index is 11.3. The third kappa shape index (κ3) is 3.27. The number of rotatable bonds is 5. The number of ether oxygens (including phenoxy) is 1. The normalized spacial score (nSPS) is 10.4. The average molecular weight is 271 g/mol. The molecule has 0 bridgehead atoms. The molecule has 90 valence electrons. The summed E-state index contributed by atoms with van der Waals surface area (Å²) in [5.41, 5.74) is 0. The van der Waals surface area contributed by atoms with Gasteiger partial charge in [0.2, 0.25) is 0 Å². The average Bonchev–Trinajstić information content (AvgIpc) is 2.98. The molecule has 17 heavy (non-hydrogen) atoms. The third-order valence-corrected chi connectivity index (χ3v) is 3.45. The number of aromatic nitrogens is 3. The largest absolute Gasteiger partial charge is 0.459 e. The second-order valence-electron chi connectivity index (χ2n) is 2.81. The molecular weight excluding hydrogens is 262 g/mol. The lowest BCUT2D eigenvalue weighted by Crippen LogP contribution is -2.04. The molecule has 0 amide bonds. The van der Waals surface area contributed by atoms with Crippen molar-refractivity contribution in [3.05, 3.63) is 22.5 Å². The number of esters is 1. The van der Waals surface area contributed by atoms with Crippen molar-refractivity contribution in [2.75, 3.05) is 6.61 Å². The van der Waals surface area contributed by atoms with Crippen LogP contribution in [0.1, 0.15) is 22.6 Å². The van der Waals surface area contributed by atoms with Gasteiger partial charge in [0.25, 0.3) is 5.22 Å². The molecule has 6 nitrogen and oxygen atoms in total. The number of thiazole rings is 1. The Bertz CT molecular complexity index is 483. The molecule has 0 aliphatic carbocycles. The molecule has 0 aromatic carbocycles. The fraction of sp³-hybridized carbons (Fsp3) is 0.333. The molecule has 2 aromatic rings. The van der Waals surface area contributed by atoms with E-state index in [0.29, 0.717) is 11.0 Å². The highest BCUT2D eigenvalue weighted by Gasteiger charge is 2.16. The van der Waals surface area contributed by atoms with E-state index in [4.69, 9.17) is 9.15 Å². The zero-order valence-corrected chi connectivity index (χ0v) is 10.6. The van der Waals surface area contributed by atoms with Gasteiger partial charge in [-0.15, -0.1) is 16.4 Å². The predicted octanol–water partition coefficient (Wildman–Crippen LogP) is 2.00. The number of nitrogens with zero attached hydrogens (tertiary/aromatic N) is 3. The number of carbonyl (C=O) groups excluding carboxylic acids is 1. The minimum atomic E-state index is -0.596. The Kier molecular flexibility index (Phi) is 4.10. The van der Waals surface area contributed by atoms with Crippen molar-refractivity contribution in [2.45, 2.75) is 17.9 Å². The Morgan fingerprint density at radius 1 is 1.59 bits per heavy atom. The van der Waals surface area contributed by atoms with Crippen LogP contribution in [0.15, 0.2) is 21.2 Å². The van der Waals surface area contributed by atoms with Gasteiger partial charge in [0.1, 0.15) is 5.01 Å². The summed E-state index contributed by atoms with van der Waals surface area (Å²) in [4.78, 5) is 15.4. The van der Waals surface area contributed by atoms with Gasteiger partial charge >= 0.3 is 11.9 Å². The van der Waals surface area contributed by atoms with Crippen molar-refractivity contribution in [2.24, 2.45) is 0 Å². The number of hydrogen-bond acceptors (Lipinski definition) is 8. The van der Waals surface area contributed by atoms with Crippen molar-refractivity contribution < 1.29 is 13.9 Å². The molecule has 2 aromatic heterocycles. The monoisotopic (exact) mass is 271 g/mol. The summed E-state index contributed by atoms with van der Waals surface area (Å²) in [6.45, 7) is 2.00. The van der Waals surface area contributed by atoms with Crippen molar-refractivity contribution in [1.82, 2.24) is 15.2 Å². The van der Waals surface area contributed by atoms with Gasteiger partial charge in [-0.25, -0.2) is 9.78 Å². The van der Waals surface area contributed by atoms with Gasteiger partial charge in [0, 0.05) is 11.6 Å². The first-order chi connectivity index (χ1) is 8.29. The Hall–Kier alpha value is -1.41. The Morgan fingerprint density at radius 2 is 2.47 bits per heavy atom. The maximum atomic E-state index is 11.3. The minimum absolute atomic E-state index is 0.117. The second kappa shape index (κ2) is 5.78. The van der Waals surface area contributed by atoms with E-state index in [-0.39, 0.29) is 12.5 Å². The first-order valence-corrected chi connectivity index (χ1v) is 6.68. The van der Waals surface area contributed by atoms with Gasteiger partial charge < -0.3 is 9.15 Å². The lowest BCUT2D eigenvalue weighted by atomic mass is 10.7. The molecule has 0 saturated heterocycles. The quantitative estimate of drug-likeness (QED) is 0.607. The fourth-order valence-electron chi connectivity index (χ4n) is 0.991. The van der Waals surface area contributed by atoms with Crippen LogP contribution >= 0.6 is 23.1 Å².